The number of benzene rings is 2. The van der Waals surface area contributed by atoms with Gasteiger partial charge in [0.2, 0.25) is 5.91 Å². The van der Waals surface area contributed by atoms with Gasteiger partial charge in [0.05, 0.1) is 0 Å². The van der Waals surface area contributed by atoms with E-state index in [0.717, 1.165) is 17.5 Å². The summed E-state index contributed by atoms with van der Waals surface area (Å²) in [6.45, 7) is 2.31. The molecule has 1 saturated carbocycles. The van der Waals surface area contributed by atoms with E-state index in [1.54, 1.807) is 0 Å². The van der Waals surface area contributed by atoms with Crippen molar-refractivity contribution in [2.24, 2.45) is 5.92 Å². The molecule has 1 saturated heterocycles. The molecule has 0 N–H and O–H groups in total. The smallest absolute Gasteiger partial charge is 0.417 e. The molecule has 2 aromatic rings. The summed E-state index contributed by atoms with van der Waals surface area (Å²) in [5.74, 6) is -0.297. The normalized spacial score (nSPS) is 28.5. The van der Waals surface area contributed by atoms with Gasteiger partial charge in [-0.15, -0.1) is 0 Å². The molecule has 4 nitrogen and oxygen atoms in total. The van der Waals surface area contributed by atoms with E-state index in [9.17, 15) is 9.59 Å². The molecule has 1 aliphatic heterocycles. The van der Waals surface area contributed by atoms with E-state index in [4.69, 9.17) is 4.74 Å². The molecule has 3 atom stereocenters. The Hall–Kier alpha value is -2.62. The van der Waals surface area contributed by atoms with Gasteiger partial charge in [0, 0.05) is 11.3 Å². The molecule has 2 aliphatic rings. The number of hydrogen-bond acceptors (Lipinski definition) is 3. The minimum atomic E-state index is -0.531. The number of cyclic esters (lactones) is 1. The van der Waals surface area contributed by atoms with Crippen molar-refractivity contribution in [2.45, 2.75) is 24.8 Å². The number of nitrogens with zero attached hydrogens (tertiary/aromatic N) is 1. The number of rotatable bonds is 3. The van der Waals surface area contributed by atoms with Crippen LogP contribution in [0.4, 0.5) is 4.79 Å². The first-order valence-corrected chi connectivity index (χ1v) is 8.21. The van der Waals surface area contributed by atoms with E-state index in [0.29, 0.717) is 0 Å². The Morgan fingerprint density at radius 1 is 1.08 bits per heavy atom. The van der Waals surface area contributed by atoms with E-state index in [2.05, 4.69) is 6.92 Å². The summed E-state index contributed by atoms with van der Waals surface area (Å²) < 4.78 is 5.17. The average molecular weight is 321 g/mol. The molecule has 4 heteroatoms. The van der Waals surface area contributed by atoms with Crippen molar-refractivity contribution in [1.82, 2.24) is 4.90 Å². The molecule has 2 aromatic carbocycles. The van der Waals surface area contributed by atoms with Gasteiger partial charge in [-0.05, 0) is 17.5 Å². The Kier molecular flexibility index (Phi) is 3.41. The van der Waals surface area contributed by atoms with Crippen molar-refractivity contribution >= 4 is 12.0 Å². The van der Waals surface area contributed by atoms with E-state index in [-0.39, 0.29) is 29.9 Å². The summed E-state index contributed by atoms with van der Waals surface area (Å²) in [5, 5.41) is 0. The highest BCUT2D eigenvalue weighted by atomic mass is 16.6. The summed E-state index contributed by atoms with van der Waals surface area (Å²) in [5.41, 5.74) is 1.88. The van der Waals surface area contributed by atoms with Crippen LogP contribution >= 0.6 is 0 Å². The number of imide groups is 1. The van der Waals surface area contributed by atoms with E-state index < -0.39 is 6.09 Å². The fourth-order valence-corrected chi connectivity index (χ4v) is 3.62. The Labute approximate surface area is 141 Å². The summed E-state index contributed by atoms with van der Waals surface area (Å²) in [6.07, 6.45) is 0.234. The molecule has 0 radical (unpaired) electrons. The van der Waals surface area contributed by atoms with Crippen LogP contribution in [0.25, 0.3) is 0 Å². The topological polar surface area (TPSA) is 46.6 Å². The van der Waals surface area contributed by atoms with Gasteiger partial charge in [0.25, 0.3) is 0 Å². The zero-order chi connectivity index (χ0) is 16.7. The average Bonchev–Trinajstić information content (AvgIpc) is 3.18. The summed E-state index contributed by atoms with van der Waals surface area (Å²) >= 11 is 0. The number of amides is 2. The summed E-state index contributed by atoms with van der Waals surface area (Å²) in [4.78, 5) is 26.5. The predicted molar refractivity (Wildman–Crippen MR) is 89.3 cm³/mol. The van der Waals surface area contributed by atoms with Crippen molar-refractivity contribution in [3.8, 4) is 0 Å². The van der Waals surface area contributed by atoms with Crippen LogP contribution in [-0.2, 0) is 14.9 Å². The van der Waals surface area contributed by atoms with Gasteiger partial charge in [-0.25, -0.2) is 9.69 Å². The maximum absolute atomic E-state index is 13.0. The highest BCUT2D eigenvalue weighted by molar-refractivity contribution is 5.97. The third kappa shape index (κ3) is 2.30. The first kappa shape index (κ1) is 14.9. The van der Waals surface area contributed by atoms with E-state index >= 15 is 0 Å². The lowest BCUT2D eigenvalue weighted by Gasteiger charge is -2.21. The molecular weight excluding hydrogens is 302 g/mol. The number of carbonyl (C=O) groups is 2. The maximum Gasteiger partial charge on any atom is 0.417 e. The Morgan fingerprint density at radius 3 is 2.38 bits per heavy atom. The lowest BCUT2D eigenvalue weighted by Crippen LogP contribution is -2.36. The highest BCUT2D eigenvalue weighted by Crippen LogP contribution is 2.55. The van der Waals surface area contributed by atoms with Gasteiger partial charge in [-0.2, -0.15) is 0 Å². The number of carbonyl (C=O) groups excluding carboxylic acids is 2. The van der Waals surface area contributed by atoms with Gasteiger partial charge in [0.15, 0.2) is 0 Å². The molecule has 0 spiro atoms. The van der Waals surface area contributed by atoms with Crippen LogP contribution in [-0.4, -0.2) is 23.5 Å². The molecular formula is C20H19NO3. The van der Waals surface area contributed by atoms with Gasteiger partial charge in [-0.3, -0.25) is 4.79 Å². The quantitative estimate of drug-likeness (QED) is 0.866. The van der Waals surface area contributed by atoms with Crippen molar-refractivity contribution in [3.05, 3.63) is 71.8 Å². The molecule has 1 unspecified atom stereocenters. The molecule has 2 amide bonds. The largest absolute Gasteiger partial charge is 0.446 e. The number of hydrogen-bond donors (Lipinski definition) is 0. The maximum atomic E-state index is 13.0. The highest BCUT2D eigenvalue weighted by Gasteiger charge is 2.59. The van der Waals surface area contributed by atoms with Crippen LogP contribution in [0.5, 0.6) is 0 Å². The second kappa shape index (κ2) is 5.48. The molecule has 1 heterocycles. The van der Waals surface area contributed by atoms with Crippen molar-refractivity contribution in [3.63, 3.8) is 0 Å². The third-order valence-corrected chi connectivity index (χ3v) is 5.26. The molecule has 1 aliphatic carbocycles. The molecule has 0 aromatic heterocycles. The molecule has 122 valence electrons. The van der Waals surface area contributed by atoms with Gasteiger partial charge < -0.3 is 4.74 Å². The molecule has 2 fully saturated rings. The molecule has 24 heavy (non-hydrogen) atoms. The zero-order valence-electron chi connectivity index (χ0n) is 13.5. The predicted octanol–water partition coefficient (Wildman–Crippen LogP) is 3.68. The van der Waals surface area contributed by atoms with Crippen LogP contribution in [0.2, 0.25) is 0 Å². The lowest BCUT2D eigenvalue weighted by molar-refractivity contribution is -0.131. The van der Waals surface area contributed by atoms with Gasteiger partial charge in [0.1, 0.15) is 12.6 Å². The monoisotopic (exact) mass is 321 g/mol. The second-order valence-corrected chi connectivity index (χ2v) is 6.75. The fourth-order valence-electron chi connectivity index (χ4n) is 3.62. The summed E-state index contributed by atoms with van der Waals surface area (Å²) in [7, 11) is 0. The van der Waals surface area contributed by atoms with E-state index in [1.807, 2.05) is 60.7 Å². The van der Waals surface area contributed by atoms with Crippen molar-refractivity contribution in [2.75, 3.05) is 6.61 Å². The van der Waals surface area contributed by atoms with Crippen LogP contribution < -0.4 is 0 Å². The van der Waals surface area contributed by atoms with E-state index in [1.165, 1.54) is 4.90 Å². The molecule has 0 bridgehead atoms. The summed E-state index contributed by atoms with van der Waals surface area (Å²) in [6, 6.07) is 19.3. The van der Waals surface area contributed by atoms with Gasteiger partial charge >= 0.3 is 6.09 Å². The van der Waals surface area contributed by atoms with Crippen LogP contribution in [0.15, 0.2) is 60.7 Å². The minimum Gasteiger partial charge on any atom is -0.446 e. The lowest BCUT2D eigenvalue weighted by atomic mass is 9.95. The van der Waals surface area contributed by atoms with Crippen molar-refractivity contribution < 1.29 is 14.3 Å². The van der Waals surface area contributed by atoms with Crippen LogP contribution in [0.3, 0.4) is 0 Å². The van der Waals surface area contributed by atoms with Crippen LogP contribution in [0, 0.1) is 5.92 Å². The van der Waals surface area contributed by atoms with Gasteiger partial charge in [-0.1, -0.05) is 67.6 Å². The minimum absolute atomic E-state index is 0.127. The first-order valence-electron chi connectivity index (χ1n) is 8.21. The SMILES string of the molecule is C[C@@]1(c2ccccc2)CC1C(=O)N1C(=O)OC[C@@H]1c1ccccc1. The second-order valence-electron chi connectivity index (χ2n) is 6.75. The Bertz CT molecular complexity index is 774. The zero-order valence-corrected chi connectivity index (χ0v) is 13.5. The molecule has 4 rings (SSSR count). The van der Waals surface area contributed by atoms with Crippen LogP contribution in [0.1, 0.15) is 30.5 Å². The first-order chi connectivity index (χ1) is 11.6. The third-order valence-electron chi connectivity index (χ3n) is 5.26. The standard InChI is InChI=1S/C20H19NO3/c1-20(15-10-6-3-7-11-15)12-16(20)18(22)21-17(13-24-19(21)23)14-8-4-2-5-9-14/h2-11,16-17H,12-13H2,1H3/t16?,17-,20+/m1/s1. The van der Waals surface area contributed by atoms with Crippen molar-refractivity contribution in [1.29, 1.82) is 0 Å². The Morgan fingerprint density at radius 2 is 1.71 bits per heavy atom. The number of ether oxygens (including phenoxy) is 1. The Balaban J connectivity index is 1.59. The fraction of sp³-hybridized carbons (Fsp3) is 0.300.